The zero-order valence-electron chi connectivity index (χ0n) is 16.3. The Balaban J connectivity index is 1.46. The number of hydrogen-bond donors (Lipinski definition) is 1. The van der Waals surface area contributed by atoms with Crippen LogP contribution in [-0.4, -0.2) is 44.2 Å². The summed E-state index contributed by atoms with van der Waals surface area (Å²) in [7, 11) is 0. The van der Waals surface area contributed by atoms with E-state index in [9.17, 15) is 9.59 Å². The molecule has 6 heteroatoms. The van der Waals surface area contributed by atoms with Gasteiger partial charge in [-0.1, -0.05) is 17.7 Å². The number of rotatable bonds is 4. The molecule has 2 saturated heterocycles. The molecule has 2 aliphatic rings. The van der Waals surface area contributed by atoms with Crippen LogP contribution in [-0.2, 0) is 14.3 Å². The van der Waals surface area contributed by atoms with Gasteiger partial charge in [0.2, 0.25) is 5.91 Å². The van der Waals surface area contributed by atoms with E-state index in [1.165, 1.54) is 4.90 Å². The molecule has 0 unspecified atom stereocenters. The van der Waals surface area contributed by atoms with Crippen molar-refractivity contribution in [3.05, 3.63) is 53.6 Å². The first-order valence-electron chi connectivity index (χ1n) is 9.66. The Hall–Kier alpha value is -2.86. The summed E-state index contributed by atoms with van der Waals surface area (Å²) >= 11 is 0. The van der Waals surface area contributed by atoms with E-state index in [1.807, 2.05) is 56.3 Å². The van der Waals surface area contributed by atoms with Crippen LogP contribution in [0.1, 0.15) is 17.5 Å². The van der Waals surface area contributed by atoms with Crippen molar-refractivity contribution in [2.24, 2.45) is 0 Å². The Morgan fingerprint density at radius 1 is 1.00 bits per heavy atom. The largest absolute Gasteiger partial charge is 0.378 e. The third-order valence-electron chi connectivity index (χ3n) is 5.32. The smallest absolute Gasteiger partial charge is 0.256 e. The molecule has 0 bridgehead atoms. The van der Waals surface area contributed by atoms with Gasteiger partial charge in [0.1, 0.15) is 6.04 Å². The Labute approximate surface area is 165 Å². The highest BCUT2D eigenvalue weighted by Crippen LogP contribution is 2.29. The molecule has 2 heterocycles. The fourth-order valence-corrected chi connectivity index (χ4v) is 3.85. The predicted octanol–water partition coefficient (Wildman–Crippen LogP) is 2.88. The molecule has 2 fully saturated rings. The summed E-state index contributed by atoms with van der Waals surface area (Å²) in [5, 5.41) is 3.23. The number of benzene rings is 2. The lowest BCUT2D eigenvalue weighted by atomic mass is 10.1. The van der Waals surface area contributed by atoms with Crippen molar-refractivity contribution < 1.29 is 14.3 Å². The van der Waals surface area contributed by atoms with Gasteiger partial charge in [-0.3, -0.25) is 9.59 Å². The van der Waals surface area contributed by atoms with Crippen molar-refractivity contribution in [3.63, 3.8) is 0 Å². The summed E-state index contributed by atoms with van der Waals surface area (Å²) in [5.74, 6) is -0.367. The quantitative estimate of drug-likeness (QED) is 0.828. The average Bonchev–Trinajstić information content (AvgIpc) is 2.97. The number of morpholine rings is 1. The fraction of sp³-hybridized carbons (Fsp3) is 0.364. The van der Waals surface area contributed by atoms with Gasteiger partial charge in [-0.25, -0.2) is 4.90 Å². The summed E-state index contributed by atoms with van der Waals surface area (Å²) in [6, 6.07) is 13.2. The summed E-state index contributed by atoms with van der Waals surface area (Å²) in [6.45, 7) is 7.17. The van der Waals surface area contributed by atoms with Gasteiger partial charge in [0.15, 0.2) is 0 Å². The Morgan fingerprint density at radius 3 is 2.39 bits per heavy atom. The fourth-order valence-electron chi connectivity index (χ4n) is 3.85. The Morgan fingerprint density at radius 2 is 1.71 bits per heavy atom. The molecule has 2 aromatic rings. The standard InChI is InChI=1S/C22H25N3O3/c1-15-3-8-20(16(2)13-15)25-21(26)14-19(22(25)27)23-17-4-6-18(7-5-17)24-9-11-28-12-10-24/h3-8,13,19,23H,9-12,14H2,1-2H3/t19-/m0/s1. The molecule has 0 aromatic heterocycles. The van der Waals surface area contributed by atoms with Gasteiger partial charge in [0.05, 0.1) is 25.3 Å². The van der Waals surface area contributed by atoms with Crippen LogP contribution < -0.4 is 15.1 Å². The number of nitrogens with zero attached hydrogens (tertiary/aromatic N) is 2. The highest BCUT2D eigenvalue weighted by atomic mass is 16.5. The van der Waals surface area contributed by atoms with E-state index < -0.39 is 6.04 Å². The lowest BCUT2D eigenvalue weighted by Crippen LogP contribution is -2.36. The van der Waals surface area contributed by atoms with Crippen LogP contribution in [0.5, 0.6) is 0 Å². The molecule has 6 nitrogen and oxygen atoms in total. The van der Waals surface area contributed by atoms with Crippen LogP contribution in [0.15, 0.2) is 42.5 Å². The zero-order valence-corrected chi connectivity index (χ0v) is 16.3. The zero-order chi connectivity index (χ0) is 19.7. The average molecular weight is 379 g/mol. The number of amides is 2. The number of aryl methyl sites for hydroxylation is 2. The van der Waals surface area contributed by atoms with Crippen molar-refractivity contribution in [2.45, 2.75) is 26.3 Å². The van der Waals surface area contributed by atoms with Crippen LogP contribution in [0.2, 0.25) is 0 Å². The molecule has 1 N–H and O–H groups in total. The van der Waals surface area contributed by atoms with Gasteiger partial charge in [0.25, 0.3) is 5.91 Å². The van der Waals surface area contributed by atoms with Crippen LogP contribution in [0.4, 0.5) is 17.1 Å². The van der Waals surface area contributed by atoms with E-state index in [2.05, 4.69) is 10.2 Å². The van der Waals surface area contributed by atoms with Gasteiger partial charge in [-0.2, -0.15) is 0 Å². The molecule has 2 aromatic carbocycles. The van der Waals surface area contributed by atoms with Gasteiger partial charge >= 0.3 is 0 Å². The second-order valence-electron chi connectivity index (χ2n) is 7.40. The van der Waals surface area contributed by atoms with Crippen LogP contribution in [0.3, 0.4) is 0 Å². The highest BCUT2D eigenvalue weighted by Gasteiger charge is 2.40. The third kappa shape index (κ3) is 3.60. The van der Waals surface area contributed by atoms with Crippen LogP contribution >= 0.6 is 0 Å². The van der Waals surface area contributed by atoms with E-state index in [-0.39, 0.29) is 18.2 Å². The molecule has 2 aliphatic heterocycles. The SMILES string of the molecule is Cc1ccc(N2C(=O)C[C@H](Nc3ccc(N4CCOCC4)cc3)C2=O)c(C)c1. The first-order chi connectivity index (χ1) is 13.5. The topological polar surface area (TPSA) is 61.9 Å². The van der Waals surface area contributed by atoms with Crippen LogP contribution in [0.25, 0.3) is 0 Å². The van der Waals surface area contributed by atoms with Crippen molar-refractivity contribution in [1.29, 1.82) is 0 Å². The molecular formula is C22H25N3O3. The van der Waals surface area contributed by atoms with Gasteiger partial charge in [-0.15, -0.1) is 0 Å². The molecule has 0 aliphatic carbocycles. The summed E-state index contributed by atoms with van der Waals surface area (Å²) in [4.78, 5) is 29.0. The summed E-state index contributed by atoms with van der Waals surface area (Å²) in [6.07, 6.45) is 0.164. The van der Waals surface area contributed by atoms with Crippen molar-refractivity contribution >= 4 is 28.9 Å². The molecular weight excluding hydrogens is 354 g/mol. The minimum atomic E-state index is -0.539. The molecule has 0 radical (unpaired) electrons. The monoisotopic (exact) mass is 379 g/mol. The predicted molar refractivity (Wildman–Crippen MR) is 110 cm³/mol. The second kappa shape index (κ2) is 7.64. The number of carbonyl (C=O) groups excluding carboxylic acids is 2. The normalized spacial score (nSPS) is 20.0. The van der Waals surface area contributed by atoms with Crippen molar-refractivity contribution in [2.75, 3.05) is 41.4 Å². The first-order valence-corrected chi connectivity index (χ1v) is 9.66. The van der Waals surface area contributed by atoms with E-state index in [0.29, 0.717) is 5.69 Å². The van der Waals surface area contributed by atoms with E-state index >= 15 is 0 Å². The first kappa shape index (κ1) is 18.5. The van der Waals surface area contributed by atoms with E-state index in [1.54, 1.807) is 0 Å². The summed E-state index contributed by atoms with van der Waals surface area (Å²) in [5.41, 5.74) is 4.69. The third-order valence-corrected chi connectivity index (χ3v) is 5.32. The number of anilines is 3. The minimum absolute atomic E-state index is 0.164. The lowest BCUT2D eigenvalue weighted by molar-refractivity contribution is -0.121. The van der Waals surface area contributed by atoms with Gasteiger partial charge in [0, 0.05) is 24.5 Å². The molecule has 28 heavy (non-hydrogen) atoms. The van der Waals surface area contributed by atoms with E-state index in [0.717, 1.165) is 48.8 Å². The highest BCUT2D eigenvalue weighted by molar-refractivity contribution is 6.23. The molecule has 2 amide bonds. The lowest BCUT2D eigenvalue weighted by Gasteiger charge is -2.29. The maximum Gasteiger partial charge on any atom is 0.256 e. The minimum Gasteiger partial charge on any atom is -0.378 e. The maximum atomic E-state index is 12.9. The maximum absolute atomic E-state index is 12.9. The number of carbonyl (C=O) groups is 2. The summed E-state index contributed by atoms with van der Waals surface area (Å²) < 4.78 is 5.39. The molecule has 1 atom stereocenters. The Kier molecular flexibility index (Phi) is 5.05. The second-order valence-corrected chi connectivity index (χ2v) is 7.40. The van der Waals surface area contributed by atoms with Gasteiger partial charge < -0.3 is 15.0 Å². The molecule has 0 saturated carbocycles. The number of hydrogen-bond acceptors (Lipinski definition) is 5. The molecule has 146 valence electrons. The van der Waals surface area contributed by atoms with Crippen molar-refractivity contribution in [3.8, 4) is 0 Å². The van der Waals surface area contributed by atoms with Crippen LogP contribution in [0, 0.1) is 13.8 Å². The molecule has 0 spiro atoms. The van der Waals surface area contributed by atoms with Gasteiger partial charge in [-0.05, 0) is 49.7 Å². The number of imide groups is 1. The molecule has 4 rings (SSSR count). The number of nitrogens with one attached hydrogen (secondary N) is 1. The van der Waals surface area contributed by atoms with Crippen molar-refractivity contribution in [1.82, 2.24) is 0 Å². The number of ether oxygens (including phenoxy) is 1. The van der Waals surface area contributed by atoms with E-state index in [4.69, 9.17) is 4.74 Å². The Bertz CT molecular complexity index is 888.